The zero-order valence-electron chi connectivity index (χ0n) is 10.2. The van der Waals surface area contributed by atoms with Crippen LogP contribution in [-0.4, -0.2) is 29.8 Å². The van der Waals surface area contributed by atoms with Crippen molar-refractivity contribution in [1.29, 1.82) is 0 Å². The number of hydrogen-bond acceptors (Lipinski definition) is 3. The van der Waals surface area contributed by atoms with Crippen LogP contribution >= 0.6 is 0 Å². The molecular formula is C13H17N3O. The predicted octanol–water partition coefficient (Wildman–Crippen LogP) is 2.37. The van der Waals surface area contributed by atoms with Crippen molar-refractivity contribution < 1.29 is 5.11 Å². The minimum atomic E-state index is -0.134. The van der Waals surface area contributed by atoms with E-state index in [4.69, 9.17) is 5.11 Å². The van der Waals surface area contributed by atoms with E-state index in [2.05, 4.69) is 22.2 Å². The number of aliphatic hydroxyl groups is 1. The molecule has 0 radical (unpaired) electrons. The molecule has 0 saturated heterocycles. The maximum Gasteiger partial charge on any atom is 0.104 e. The average molecular weight is 231 g/mol. The molecule has 17 heavy (non-hydrogen) atoms. The van der Waals surface area contributed by atoms with Crippen molar-refractivity contribution in [2.24, 2.45) is 10.3 Å². The van der Waals surface area contributed by atoms with Crippen LogP contribution in [0.25, 0.3) is 0 Å². The summed E-state index contributed by atoms with van der Waals surface area (Å²) >= 11 is 0. The van der Waals surface area contributed by atoms with Gasteiger partial charge < -0.3 is 5.11 Å². The van der Waals surface area contributed by atoms with Crippen LogP contribution in [-0.2, 0) is 0 Å². The summed E-state index contributed by atoms with van der Waals surface area (Å²) < 4.78 is 0. The molecule has 0 aliphatic heterocycles. The molecular weight excluding hydrogens is 214 g/mol. The molecule has 0 atom stereocenters. The maximum atomic E-state index is 8.61. The van der Waals surface area contributed by atoms with Crippen LogP contribution < -0.4 is 0 Å². The molecule has 1 rings (SSSR count). The van der Waals surface area contributed by atoms with Crippen molar-refractivity contribution in [3.05, 3.63) is 29.8 Å². The van der Waals surface area contributed by atoms with Gasteiger partial charge in [0.2, 0.25) is 0 Å². The van der Waals surface area contributed by atoms with Gasteiger partial charge in [0.05, 0.1) is 5.69 Å². The number of aliphatic hydroxyl groups excluding tert-OH is 1. The van der Waals surface area contributed by atoms with Crippen LogP contribution in [0.5, 0.6) is 0 Å². The average Bonchev–Trinajstić information content (AvgIpc) is 2.38. The monoisotopic (exact) mass is 231 g/mol. The number of benzene rings is 1. The van der Waals surface area contributed by atoms with Crippen LogP contribution in [0.1, 0.15) is 19.4 Å². The highest BCUT2D eigenvalue weighted by atomic mass is 16.2. The van der Waals surface area contributed by atoms with E-state index in [0.717, 1.165) is 24.3 Å². The first-order valence-electron chi connectivity index (χ1n) is 5.66. The number of nitrogens with zero attached hydrogens (tertiary/aromatic N) is 3. The molecule has 1 aromatic rings. The Morgan fingerprint density at radius 1 is 1.29 bits per heavy atom. The molecule has 0 amide bonds. The lowest BCUT2D eigenvalue weighted by atomic mass is 10.2. The molecule has 0 saturated carbocycles. The first kappa shape index (κ1) is 13.2. The minimum Gasteiger partial charge on any atom is -0.384 e. The Bertz CT molecular complexity index is 428. The molecule has 0 aromatic heterocycles. The summed E-state index contributed by atoms with van der Waals surface area (Å²) in [7, 11) is 0. The second kappa shape index (κ2) is 7.42. The van der Waals surface area contributed by atoms with E-state index in [1.165, 1.54) is 0 Å². The molecule has 0 aliphatic carbocycles. The molecule has 0 unspecified atom stereocenters. The molecule has 90 valence electrons. The highest BCUT2D eigenvalue weighted by molar-refractivity contribution is 5.46. The van der Waals surface area contributed by atoms with E-state index < -0.39 is 0 Å². The second-order valence-corrected chi connectivity index (χ2v) is 3.34. The number of rotatable bonds is 4. The van der Waals surface area contributed by atoms with Crippen molar-refractivity contribution >= 4 is 5.69 Å². The van der Waals surface area contributed by atoms with Gasteiger partial charge in [-0.1, -0.05) is 23.1 Å². The lowest BCUT2D eigenvalue weighted by Gasteiger charge is -2.10. The van der Waals surface area contributed by atoms with E-state index in [9.17, 15) is 0 Å². The summed E-state index contributed by atoms with van der Waals surface area (Å²) in [5.74, 6) is 5.44. The van der Waals surface area contributed by atoms with Crippen LogP contribution in [0.4, 0.5) is 5.69 Å². The Kier molecular flexibility index (Phi) is 5.76. The van der Waals surface area contributed by atoms with Crippen LogP contribution in [0.2, 0.25) is 0 Å². The lowest BCUT2D eigenvalue weighted by molar-refractivity contribution is 0.301. The molecule has 4 nitrogen and oxygen atoms in total. The topological polar surface area (TPSA) is 48.2 Å². The van der Waals surface area contributed by atoms with Crippen molar-refractivity contribution in [1.82, 2.24) is 5.01 Å². The number of hydrogen-bond donors (Lipinski definition) is 1. The first-order valence-corrected chi connectivity index (χ1v) is 5.66. The third kappa shape index (κ3) is 4.66. The van der Waals surface area contributed by atoms with Gasteiger partial charge in [0, 0.05) is 18.7 Å². The smallest absolute Gasteiger partial charge is 0.104 e. The van der Waals surface area contributed by atoms with Gasteiger partial charge in [-0.05, 0) is 32.0 Å². The Morgan fingerprint density at radius 2 is 2.06 bits per heavy atom. The van der Waals surface area contributed by atoms with Crippen molar-refractivity contribution in [2.45, 2.75) is 13.8 Å². The van der Waals surface area contributed by atoms with E-state index in [0.29, 0.717) is 0 Å². The summed E-state index contributed by atoms with van der Waals surface area (Å²) in [5.41, 5.74) is 1.59. The van der Waals surface area contributed by atoms with Gasteiger partial charge in [-0.15, -0.1) is 5.11 Å². The van der Waals surface area contributed by atoms with Gasteiger partial charge in [-0.2, -0.15) is 0 Å². The van der Waals surface area contributed by atoms with Gasteiger partial charge in [0.25, 0.3) is 0 Å². The molecule has 4 heteroatoms. The van der Waals surface area contributed by atoms with E-state index in [1.54, 1.807) is 0 Å². The SMILES string of the molecule is CCN(CC)N=Nc1cccc(C#CCO)c1. The molecule has 0 heterocycles. The van der Waals surface area contributed by atoms with Gasteiger partial charge >= 0.3 is 0 Å². The molecule has 0 bridgehead atoms. The fraction of sp³-hybridized carbons (Fsp3) is 0.385. The van der Waals surface area contributed by atoms with E-state index in [-0.39, 0.29) is 6.61 Å². The molecule has 1 N–H and O–H groups in total. The Hall–Kier alpha value is -1.86. The Labute approximate surface area is 102 Å². The summed E-state index contributed by atoms with van der Waals surface area (Å²) in [4.78, 5) is 0. The fourth-order valence-corrected chi connectivity index (χ4v) is 1.25. The van der Waals surface area contributed by atoms with E-state index in [1.807, 2.05) is 43.1 Å². The normalized spacial score (nSPS) is 10.1. The minimum absolute atomic E-state index is 0.134. The van der Waals surface area contributed by atoms with E-state index >= 15 is 0 Å². The van der Waals surface area contributed by atoms with Gasteiger partial charge in [-0.3, -0.25) is 5.01 Å². The maximum absolute atomic E-state index is 8.61. The Morgan fingerprint density at radius 3 is 2.71 bits per heavy atom. The van der Waals surface area contributed by atoms with Gasteiger partial charge in [-0.25, -0.2) is 0 Å². The molecule has 0 spiro atoms. The van der Waals surface area contributed by atoms with Crippen LogP contribution in [0.3, 0.4) is 0 Å². The van der Waals surface area contributed by atoms with Crippen LogP contribution in [0, 0.1) is 11.8 Å². The third-order valence-electron chi connectivity index (χ3n) is 2.17. The summed E-state index contributed by atoms with van der Waals surface area (Å²) in [6, 6.07) is 7.46. The lowest BCUT2D eigenvalue weighted by Crippen LogP contribution is -2.14. The van der Waals surface area contributed by atoms with Crippen molar-refractivity contribution in [2.75, 3.05) is 19.7 Å². The van der Waals surface area contributed by atoms with Crippen molar-refractivity contribution in [3.63, 3.8) is 0 Å². The zero-order valence-corrected chi connectivity index (χ0v) is 10.2. The highest BCUT2D eigenvalue weighted by Gasteiger charge is 1.94. The first-order chi connectivity index (χ1) is 8.30. The molecule has 0 aliphatic rings. The fourth-order valence-electron chi connectivity index (χ4n) is 1.25. The second-order valence-electron chi connectivity index (χ2n) is 3.34. The van der Waals surface area contributed by atoms with Crippen molar-refractivity contribution in [3.8, 4) is 11.8 Å². The highest BCUT2D eigenvalue weighted by Crippen LogP contribution is 2.14. The largest absolute Gasteiger partial charge is 0.384 e. The summed E-state index contributed by atoms with van der Waals surface area (Å²) in [6.07, 6.45) is 0. The van der Waals surface area contributed by atoms with Crippen LogP contribution in [0.15, 0.2) is 34.6 Å². The third-order valence-corrected chi connectivity index (χ3v) is 2.17. The zero-order chi connectivity index (χ0) is 12.5. The van der Waals surface area contributed by atoms with Gasteiger partial charge in [0.15, 0.2) is 0 Å². The predicted molar refractivity (Wildman–Crippen MR) is 67.8 cm³/mol. The van der Waals surface area contributed by atoms with Gasteiger partial charge in [0.1, 0.15) is 6.61 Å². The summed E-state index contributed by atoms with van der Waals surface area (Å²) in [5, 5.41) is 18.7. The molecule has 0 fully saturated rings. The standard InChI is InChI=1S/C13H17N3O/c1-3-16(4-2)15-14-13-9-5-7-12(11-13)8-6-10-17/h5,7,9,11,17H,3-4,10H2,1-2H3. The Balaban J connectivity index is 2.78. The summed E-state index contributed by atoms with van der Waals surface area (Å²) in [6.45, 7) is 5.61. The molecule has 1 aromatic carbocycles. The quantitative estimate of drug-likeness (QED) is 0.491.